The second-order valence-electron chi connectivity index (χ2n) is 6.80. The van der Waals surface area contributed by atoms with E-state index in [-0.39, 0.29) is 34.6 Å². The molecule has 0 aromatic heterocycles. The summed E-state index contributed by atoms with van der Waals surface area (Å²) in [6.07, 6.45) is 2.56. The molecule has 0 spiro atoms. The molecule has 0 aliphatic carbocycles. The zero-order valence-electron chi connectivity index (χ0n) is 22.3. The summed E-state index contributed by atoms with van der Waals surface area (Å²) in [6, 6.07) is 0. The highest BCUT2D eigenvalue weighted by Crippen LogP contribution is 1.98. The smallest absolute Gasteiger partial charge is 0.344 e. The van der Waals surface area contributed by atoms with Crippen molar-refractivity contribution in [3.8, 4) is 0 Å². The number of alkyl halides is 1. The molecule has 13 nitrogen and oxygen atoms in total. The number of methoxy groups -OCH3 is 2. The summed E-state index contributed by atoms with van der Waals surface area (Å²) in [4.78, 5) is 60.8. The summed E-state index contributed by atoms with van der Waals surface area (Å²) in [5.41, 5.74) is 0.630. The predicted molar refractivity (Wildman–Crippen MR) is 140 cm³/mol. The number of hydrogen-bond acceptors (Lipinski definition) is 11. The molecule has 1 aliphatic heterocycles. The van der Waals surface area contributed by atoms with Crippen molar-refractivity contribution >= 4 is 51.7 Å². The molecule has 1 fully saturated rings. The maximum atomic E-state index is 10.6. The first kappa shape index (κ1) is 41.6. The predicted octanol–water partition coefficient (Wildman–Crippen LogP) is 2.47. The van der Waals surface area contributed by atoms with Crippen LogP contribution in [0, 0.1) is 0 Å². The number of carboxylic acid groups (broad SMARTS) is 2. The number of rotatable bonds is 8. The van der Waals surface area contributed by atoms with Crippen LogP contribution in [-0.4, -0.2) is 92.0 Å². The van der Waals surface area contributed by atoms with Gasteiger partial charge in [0.1, 0.15) is 5.33 Å². The van der Waals surface area contributed by atoms with Crippen LogP contribution < -0.4 is 0 Å². The van der Waals surface area contributed by atoms with Crippen LogP contribution in [0.25, 0.3) is 0 Å². The molecule has 1 heterocycles. The Kier molecular flexibility index (Phi) is 30.7. The van der Waals surface area contributed by atoms with Gasteiger partial charge in [0.25, 0.3) is 0 Å². The fourth-order valence-electron chi connectivity index (χ4n) is 1.12. The van der Waals surface area contributed by atoms with Crippen LogP contribution in [0.3, 0.4) is 0 Å². The quantitative estimate of drug-likeness (QED) is 0.176. The third kappa shape index (κ3) is 37.0. The molecule has 1 saturated heterocycles. The Morgan fingerprint density at radius 2 is 1.11 bits per heavy atom. The Morgan fingerprint density at radius 1 is 0.737 bits per heavy atom. The first-order chi connectivity index (χ1) is 17.6. The van der Waals surface area contributed by atoms with E-state index in [1.807, 2.05) is 0 Å². The molecule has 0 atom stereocenters. The summed E-state index contributed by atoms with van der Waals surface area (Å²) in [6.45, 7) is 15.2. The van der Waals surface area contributed by atoms with E-state index in [0.717, 1.165) is 13.2 Å². The van der Waals surface area contributed by atoms with Gasteiger partial charge in [0, 0.05) is 29.9 Å². The third-order valence-corrected chi connectivity index (χ3v) is 3.56. The van der Waals surface area contributed by atoms with Gasteiger partial charge in [0.15, 0.2) is 13.2 Å². The van der Waals surface area contributed by atoms with Gasteiger partial charge in [-0.1, -0.05) is 35.7 Å². The highest BCUT2D eigenvalue weighted by molar-refractivity contribution is 9.09. The Hall–Kier alpha value is -3.52. The molecule has 1 aliphatic rings. The fraction of sp³-hybridized carbons (Fsp3) is 0.500. The minimum atomic E-state index is -1.17. The zero-order valence-corrected chi connectivity index (χ0v) is 23.9. The molecule has 0 aromatic rings. The van der Waals surface area contributed by atoms with Crippen LogP contribution in [0.1, 0.15) is 33.6 Å². The van der Waals surface area contributed by atoms with Crippen molar-refractivity contribution in [2.24, 2.45) is 0 Å². The van der Waals surface area contributed by atoms with Crippen molar-refractivity contribution in [1.29, 1.82) is 0 Å². The second-order valence-corrected chi connectivity index (χ2v) is 7.36. The van der Waals surface area contributed by atoms with Crippen molar-refractivity contribution < 1.29 is 62.7 Å². The molecule has 1 rings (SSSR count). The maximum absolute atomic E-state index is 10.6. The van der Waals surface area contributed by atoms with E-state index in [9.17, 15) is 28.8 Å². The van der Waals surface area contributed by atoms with Crippen LogP contribution in [0.15, 0.2) is 36.5 Å². The van der Waals surface area contributed by atoms with Crippen LogP contribution in [0.5, 0.6) is 0 Å². The number of carbonyl (C=O) groups is 6. The number of hydrogen-bond donors (Lipinski definition) is 2. The Morgan fingerprint density at radius 3 is 1.29 bits per heavy atom. The van der Waals surface area contributed by atoms with Crippen molar-refractivity contribution in [2.75, 3.05) is 46.0 Å². The molecule has 218 valence electrons. The average molecular weight is 613 g/mol. The molecule has 0 amide bonds. The van der Waals surface area contributed by atoms with Gasteiger partial charge in [-0.2, -0.15) is 0 Å². The van der Waals surface area contributed by atoms with Gasteiger partial charge in [-0.3, -0.25) is 4.79 Å². The number of esters is 4. The summed E-state index contributed by atoms with van der Waals surface area (Å²) in [7, 11) is 2.57. The normalized spacial score (nSPS) is 10.3. The lowest BCUT2D eigenvalue weighted by Gasteiger charge is -2.01. The molecule has 0 bridgehead atoms. The molecule has 14 heteroatoms. The first-order valence-electron chi connectivity index (χ1n) is 10.6. The van der Waals surface area contributed by atoms with Gasteiger partial charge in [0.2, 0.25) is 0 Å². The van der Waals surface area contributed by atoms with Crippen molar-refractivity contribution in [2.45, 2.75) is 33.6 Å². The average Bonchev–Trinajstić information content (AvgIpc) is 3.46. The van der Waals surface area contributed by atoms with E-state index in [2.05, 4.69) is 54.6 Å². The summed E-state index contributed by atoms with van der Waals surface area (Å²) in [5.74, 6) is -4.20. The molecule has 0 saturated carbocycles. The van der Waals surface area contributed by atoms with Crippen LogP contribution in [-0.2, 0) is 52.5 Å². The lowest BCUT2D eigenvalue weighted by Crippen LogP contribution is -2.15. The minimum absolute atomic E-state index is 0.176. The highest BCUT2D eigenvalue weighted by Gasteiger charge is 2.06. The van der Waals surface area contributed by atoms with E-state index in [0.29, 0.717) is 0 Å². The number of halogens is 1. The van der Waals surface area contributed by atoms with Crippen LogP contribution in [0.2, 0.25) is 0 Å². The van der Waals surface area contributed by atoms with Gasteiger partial charge < -0.3 is 33.9 Å². The first-order valence-corrected chi connectivity index (χ1v) is 11.7. The molecular weight excluding hydrogens is 576 g/mol. The van der Waals surface area contributed by atoms with Gasteiger partial charge in [-0.25, -0.2) is 24.0 Å². The largest absolute Gasteiger partial charge is 0.479 e. The molecule has 2 N–H and O–H groups in total. The standard InChI is InChI=1S/C7H10O4.C6H8O4.C4H6O2.C4H8O.C3H5BrO2/c1-5(2)7(9)11-4-6(8)10-3;1-4(2)6(9)10-3-5(7)8;1-3(2)4(5)6;1-2-4-5-3-1;1-6-3(5)2-4/h1,4H2,2-3H3;1,3H2,2H3,(H,7,8);1H2,2H3,(H,5,6);1-4H2;2H2,1H3. The number of carboxylic acids is 2. The van der Waals surface area contributed by atoms with E-state index >= 15 is 0 Å². The van der Waals surface area contributed by atoms with E-state index in [1.165, 1.54) is 47.8 Å². The number of carbonyl (C=O) groups excluding carboxylic acids is 4. The fourth-order valence-corrected chi connectivity index (χ4v) is 1.35. The summed E-state index contributed by atoms with van der Waals surface area (Å²) in [5, 5.41) is 16.2. The van der Waals surface area contributed by atoms with Gasteiger partial charge >= 0.3 is 35.8 Å². The van der Waals surface area contributed by atoms with E-state index in [1.54, 1.807) is 0 Å². The summed E-state index contributed by atoms with van der Waals surface area (Å²) >= 11 is 2.90. The molecule has 0 radical (unpaired) electrons. The molecule has 38 heavy (non-hydrogen) atoms. The SMILES string of the molecule is C1CCOC1.C=C(C)C(=O)O.C=C(C)C(=O)OCC(=O)O.C=C(C)C(=O)OCC(=O)OC.COC(=O)CBr. The van der Waals surface area contributed by atoms with Crippen LogP contribution in [0.4, 0.5) is 0 Å². The highest BCUT2D eigenvalue weighted by atomic mass is 79.9. The lowest BCUT2D eigenvalue weighted by atomic mass is 10.4. The Labute approximate surface area is 230 Å². The van der Waals surface area contributed by atoms with E-state index in [4.69, 9.17) is 14.9 Å². The molecule has 0 aromatic carbocycles. The molecule has 0 unspecified atom stereocenters. The number of ether oxygens (including phenoxy) is 5. The third-order valence-electron chi connectivity index (χ3n) is 3.10. The van der Waals surface area contributed by atoms with Crippen molar-refractivity contribution in [3.05, 3.63) is 36.5 Å². The van der Waals surface area contributed by atoms with Crippen molar-refractivity contribution in [1.82, 2.24) is 0 Å². The number of aliphatic carboxylic acids is 2. The Balaban J connectivity index is -0.000000196. The lowest BCUT2D eigenvalue weighted by molar-refractivity contribution is -0.154. The van der Waals surface area contributed by atoms with E-state index < -0.39 is 36.5 Å². The minimum Gasteiger partial charge on any atom is -0.479 e. The van der Waals surface area contributed by atoms with Gasteiger partial charge in [0.05, 0.1) is 14.2 Å². The monoisotopic (exact) mass is 612 g/mol. The molecular formula is C24H37BrO13. The summed E-state index contributed by atoms with van der Waals surface area (Å²) < 4.78 is 22.1. The van der Waals surface area contributed by atoms with Gasteiger partial charge in [-0.15, -0.1) is 0 Å². The zero-order chi connectivity index (χ0) is 30.7. The second kappa shape index (κ2) is 28.1. The Bertz CT molecular complexity index is 774. The topological polar surface area (TPSA) is 189 Å². The van der Waals surface area contributed by atoms with Crippen molar-refractivity contribution in [3.63, 3.8) is 0 Å². The van der Waals surface area contributed by atoms with Gasteiger partial charge in [-0.05, 0) is 33.6 Å². The van der Waals surface area contributed by atoms with Crippen LogP contribution >= 0.6 is 15.9 Å². The maximum Gasteiger partial charge on any atom is 0.344 e.